The second-order valence-corrected chi connectivity index (χ2v) is 10.3. The monoisotopic (exact) mass is 444 g/mol. The van der Waals surface area contributed by atoms with Crippen LogP contribution in [0.5, 0.6) is 0 Å². The van der Waals surface area contributed by atoms with Crippen LogP contribution in [0.3, 0.4) is 0 Å². The Morgan fingerprint density at radius 1 is 1.16 bits per heavy atom. The fourth-order valence-electron chi connectivity index (χ4n) is 4.75. The van der Waals surface area contributed by atoms with E-state index < -0.39 is 10.0 Å². The average molecular weight is 445 g/mol. The molecule has 2 aliphatic rings. The molecule has 10 heteroatoms. The number of nitrogens with one attached hydrogen (secondary N) is 1. The molecule has 2 saturated heterocycles. The third-order valence-corrected chi connectivity index (χ3v) is 8.18. The predicted molar refractivity (Wildman–Crippen MR) is 121 cm³/mol. The van der Waals surface area contributed by atoms with Gasteiger partial charge in [0.05, 0.1) is 18.3 Å². The fraction of sp³-hybridized carbons (Fsp3) is 0.524. The number of anilines is 1. The van der Waals surface area contributed by atoms with E-state index in [2.05, 4.69) is 19.9 Å². The summed E-state index contributed by atoms with van der Waals surface area (Å²) in [5, 5.41) is 2.15. The number of aromatic amines is 1. The first kappa shape index (κ1) is 20.6. The third-order valence-electron chi connectivity index (χ3n) is 6.37. The maximum atomic E-state index is 12.9. The summed E-state index contributed by atoms with van der Waals surface area (Å²) in [7, 11) is -1.62. The van der Waals surface area contributed by atoms with Crippen LogP contribution < -0.4 is 4.90 Å². The van der Waals surface area contributed by atoms with Gasteiger partial charge in [-0.1, -0.05) is 0 Å². The van der Waals surface area contributed by atoms with Gasteiger partial charge in [-0.25, -0.2) is 17.7 Å². The number of aromatic nitrogens is 3. The maximum Gasteiger partial charge on any atom is 0.227 e. The van der Waals surface area contributed by atoms with Gasteiger partial charge in [-0.05, 0) is 24.5 Å². The number of hydrogen-bond donors (Lipinski definition) is 1. The van der Waals surface area contributed by atoms with Crippen molar-refractivity contribution >= 4 is 37.6 Å². The highest BCUT2D eigenvalue weighted by Crippen LogP contribution is 2.31. The molecule has 3 aromatic rings. The first-order chi connectivity index (χ1) is 15.0. The van der Waals surface area contributed by atoms with Crippen LogP contribution in [0, 0.1) is 5.92 Å². The van der Waals surface area contributed by atoms with Gasteiger partial charge >= 0.3 is 0 Å². The summed E-state index contributed by atoms with van der Waals surface area (Å²) in [6.07, 6.45) is 6.39. The van der Waals surface area contributed by atoms with Gasteiger partial charge in [0.2, 0.25) is 10.0 Å². The molecule has 0 spiro atoms. The zero-order valence-corrected chi connectivity index (χ0v) is 18.5. The molecule has 0 bridgehead atoms. The van der Waals surface area contributed by atoms with Crippen molar-refractivity contribution in [1.82, 2.24) is 24.2 Å². The molecule has 9 nitrogen and oxygen atoms in total. The molecule has 2 fully saturated rings. The zero-order valence-electron chi connectivity index (χ0n) is 17.7. The van der Waals surface area contributed by atoms with Gasteiger partial charge in [-0.3, -0.25) is 9.88 Å². The van der Waals surface area contributed by atoms with Gasteiger partial charge in [-0.15, -0.1) is 0 Å². The number of hydrogen-bond acceptors (Lipinski definition) is 7. The molecule has 31 heavy (non-hydrogen) atoms. The smallest absolute Gasteiger partial charge is 0.227 e. The normalized spacial score (nSPS) is 21.5. The summed E-state index contributed by atoms with van der Waals surface area (Å²) in [5.41, 5.74) is 2.85. The third kappa shape index (κ3) is 4.00. The van der Waals surface area contributed by atoms with Crippen LogP contribution in [-0.4, -0.2) is 91.4 Å². The molecule has 2 aliphatic heterocycles. The van der Waals surface area contributed by atoms with E-state index in [9.17, 15) is 8.42 Å². The Kier molecular flexibility index (Phi) is 5.55. The summed E-state index contributed by atoms with van der Waals surface area (Å²) < 4.78 is 32.6. The van der Waals surface area contributed by atoms with Gasteiger partial charge in [0.25, 0.3) is 0 Å². The van der Waals surface area contributed by atoms with Crippen LogP contribution in [0.4, 0.5) is 5.69 Å². The minimum atomic E-state index is -3.29. The van der Waals surface area contributed by atoms with Crippen molar-refractivity contribution in [2.75, 3.05) is 63.8 Å². The second-order valence-electron chi connectivity index (χ2n) is 8.40. The van der Waals surface area contributed by atoms with Gasteiger partial charge in [0, 0.05) is 75.2 Å². The number of sulfonamides is 1. The van der Waals surface area contributed by atoms with Crippen LogP contribution in [0.2, 0.25) is 0 Å². The van der Waals surface area contributed by atoms with Crippen molar-refractivity contribution in [3.8, 4) is 0 Å². The number of fused-ring (bicyclic) bond motifs is 3. The number of nitrogens with zero attached hydrogens (tertiary/aromatic N) is 5. The Balaban J connectivity index is 1.28. The lowest BCUT2D eigenvalue weighted by molar-refractivity contribution is 0.157. The Morgan fingerprint density at radius 2 is 2.00 bits per heavy atom. The van der Waals surface area contributed by atoms with Crippen LogP contribution >= 0.6 is 0 Å². The molecule has 0 radical (unpaired) electrons. The number of piperazine rings is 1. The fourth-order valence-corrected chi connectivity index (χ4v) is 6.46. The number of methoxy groups -OCH3 is 1. The summed E-state index contributed by atoms with van der Waals surface area (Å²) >= 11 is 0. The topological polar surface area (TPSA) is 94.7 Å². The van der Waals surface area contributed by atoms with Crippen molar-refractivity contribution in [2.24, 2.45) is 5.92 Å². The summed E-state index contributed by atoms with van der Waals surface area (Å²) in [6.45, 7) is 4.75. The van der Waals surface area contributed by atoms with E-state index in [0.29, 0.717) is 38.7 Å². The SMILES string of the molecule is COCC1CCN(S(=O)(=O)CN2CCN(c3ccnc4cnc5[nH]ccc5c34)CC2)C1. The van der Waals surface area contributed by atoms with Crippen LogP contribution in [0.25, 0.3) is 21.9 Å². The Labute approximate surface area is 182 Å². The van der Waals surface area contributed by atoms with E-state index in [1.165, 1.54) is 0 Å². The summed E-state index contributed by atoms with van der Waals surface area (Å²) in [5.74, 6) is 0.389. The van der Waals surface area contributed by atoms with E-state index >= 15 is 0 Å². The number of ether oxygens (including phenoxy) is 1. The molecule has 0 aliphatic carbocycles. The van der Waals surface area contributed by atoms with Crippen molar-refractivity contribution < 1.29 is 13.2 Å². The zero-order chi connectivity index (χ0) is 21.4. The first-order valence-corrected chi connectivity index (χ1v) is 12.3. The Hall–Kier alpha value is -2.27. The van der Waals surface area contributed by atoms with Crippen LogP contribution in [0.15, 0.2) is 30.7 Å². The van der Waals surface area contributed by atoms with Crippen LogP contribution in [-0.2, 0) is 14.8 Å². The lowest BCUT2D eigenvalue weighted by Gasteiger charge is -2.36. The van der Waals surface area contributed by atoms with Gasteiger partial charge in [-0.2, -0.15) is 0 Å². The lowest BCUT2D eigenvalue weighted by Crippen LogP contribution is -2.49. The highest BCUT2D eigenvalue weighted by Gasteiger charge is 2.33. The van der Waals surface area contributed by atoms with Gasteiger partial charge < -0.3 is 14.6 Å². The summed E-state index contributed by atoms with van der Waals surface area (Å²) in [6, 6.07) is 4.08. The molecule has 5 rings (SSSR count). The maximum absolute atomic E-state index is 12.9. The van der Waals surface area contributed by atoms with E-state index in [-0.39, 0.29) is 5.88 Å². The highest BCUT2D eigenvalue weighted by molar-refractivity contribution is 7.89. The Bertz CT molecular complexity index is 1170. The molecule has 1 atom stereocenters. The number of H-pyrrole nitrogens is 1. The molecular formula is C21H28N6O3S. The predicted octanol–water partition coefficient (Wildman–Crippen LogP) is 1.49. The lowest BCUT2D eigenvalue weighted by atomic mass is 10.1. The standard InChI is InChI=1S/C21H28N6O3S/c1-30-14-16-4-7-27(13-16)31(28,29)15-25-8-10-26(11-9-25)19-3-6-22-18-12-24-21-17(20(18)19)2-5-23-21/h2-3,5-6,12,16H,4,7-11,13-15H2,1H3,(H,23,24). The van der Waals surface area contributed by atoms with Gasteiger partial charge in [0.1, 0.15) is 11.5 Å². The van der Waals surface area contributed by atoms with Crippen molar-refractivity contribution in [3.63, 3.8) is 0 Å². The molecule has 166 valence electrons. The number of rotatable bonds is 6. The van der Waals surface area contributed by atoms with Crippen molar-refractivity contribution in [2.45, 2.75) is 6.42 Å². The molecule has 0 amide bonds. The second kappa shape index (κ2) is 8.34. The van der Waals surface area contributed by atoms with E-state index in [1.54, 1.807) is 17.6 Å². The number of pyridine rings is 2. The van der Waals surface area contributed by atoms with E-state index in [1.807, 2.05) is 29.4 Å². The largest absolute Gasteiger partial charge is 0.384 e. The molecule has 1 unspecified atom stereocenters. The van der Waals surface area contributed by atoms with Crippen molar-refractivity contribution in [3.05, 3.63) is 30.7 Å². The van der Waals surface area contributed by atoms with Crippen molar-refractivity contribution in [1.29, 1.82) is 0 Å². The molecule has 5 heterocycles. The average Bonchev–Trinajstić information content (AvgIpc) is 3.44. The minimum Gasteiger partial charge on any atom is -0.384 e. The quantitative estimate of drug-likeness (QED) is 0.615. The first-order valence-electron chi connectivity index (χ1n) is 10.7. The van der Waals surface area contributed by atoms with E-state index in [0.717, 1.165) is 47.1 Å². The molecule has 1 N–H and O–H groups in total. The molecule has 3 aromatic heterocycles. The minimum absolute atomic E-state index is 0.0869. The van der Waals surface area contributed by atoms with Gasteiger partial charge in [0.15, 0.2) is 0 Å². The van der Waals surface area contributed by atoms with E-state index in [4.69, 9.17) is 4.74 Å². The highest BCUT2D eigenvalue weighted by atomic mass is 32.2. The molecule has 0 aromatic carbocycles. The Morgan fingerprint density at radius 3 is 2.81 bits per heavy atom. The molecular weight excluding hydrogens is 416 g/mol. The van der Waals surface area contributed by atoms with Crippen LogP contribution in [0.1, 0.15) is 6.42 Å². The summed E-state index contributed by atoms with van der Waals surface area (Å²) in [4.78, 5) is 16.5. The molecule has 0 saturated carbocycles.